The van der Waals surface area contributed by atoms with Crippen molar-refractivity contribution in [3.8, 4) is 0 Å². The van der Waals surface area contributed by atoms with Gasteiger partial charge in [-0.3, -0.25) is 14.4 Å². The third-order valence-corrected chi connectivity index (χ3v) is 9.08. The van der Waals surface area contributed by atoms with Gasteiger partial charge in [-0.2, -0.15) is 0 Å². The van der Waals surface area contributed by atoms with E-state index in [4.69, 9.17) is 9.47 Å². The van der Waals surface area contributed by atoms with Crippen molar-refractivity contribution in [1.82, 2.24) is 9.80 Å². The summed E-state index contributed by atoms with van der Waals surface area (Å²) in [5, 5.41) is 10.3. The molecule has 214 valence electrons. The molecule has 0 aromatic rings. The van der Waals surface area contributed by atoms with Gasteiger partial charge in [-0.05, 0) is 58.3 Å². The lowest BCUT2D eigenvalue weighted by atomic mass is 9.65. The number of rotatable bonds is 16. The number of aliphatic hydroxyl groups excluding tert-OH is 1. The molecular formula is C30H48N2O6. The number of unbranched alkanes of at least 4 members (excludes halogenated alkanes) is 2. The van der Waals surface area contributed by atoms with Crippen molar-refractivity contribution in [3.05, 3.63) is 25.3 Å². The third kappa shape index (κ3) is 5.06. The number of carbonyl (C=O) groups is 3. The maximum atomic E-state index is 14.4. The molecule has 3 aliphatic rings. The molecule has 8 nitrogen and oxygen atoms in total. The summed E-state index contributed by atoms with van der Waals surface area (Å²) in [6.45, 7) is 15.9. The predicted octanol–water partition coefficient (Wildman–Crippen LogP) is 4.01. The second-order valence-corrected chi connectivity index (χ2v) is 11.2. The average molecular weight is 533 g/mol. The minimum atomic E-state index is -1.12. The minimum absolute atomic E-state index is 0.0535. The van der Waals surface area contributed by atoms with Gasteiger partial charge in [0.2, 0.25) is 11.8 Å². The van der Waals surface area contributed by atoms with Crippen molar-refractivity contribution in [1.29, 1.82) is 0 Å². The van der Waals surface area contributed by atoms with Crippen molar-refractivity contribution in [2.45, 2.75) is 115 Å². The van der Waals surface area contributed by atoms with Crippen LogP contribution in [0.2, 0.25) is 0 Å². The quantitative estimate of drug-likeness (QED) is 0.183. The molecule has 0 saturated carbocycles. The predicted molar refractivity (Wildman–Crippen MR) is 146 cm³/mol. The molecular weight excluding hydrogens is 484 g/mol. The van der Waals surface area contributed by atoms with Crippen LogP contribution in [-0.4, -0.2) is 81.8 Å². The molecule has 3 heterocycles. The molecule has 2 bridgehead atoms. The highest BCUT2D eigenvalue weighted by atomic mass is 16.6. The van der Waals surface area contributed by atoms with Crippen LogP contribution < -0.4 is 0 Å². The van der Waals surface area contributed by atoms with Gasteiger partial charge in [0.1, 0.15) is 17.6 Å². The van der Waals surface area contributed by atoms with E-state index < -0.39 is 41.1 Å². The van der Waals surface area contributed by atoms with E-state index in [2.05, 4.69) is 20.1 Å². The molecule has 3 aliphatic heterocycles. The zero-order valence-electron chi connectivity index (χ0n) is 23.8. The normalized spacial score (nSPS) is 31.1. The van der Waals surface area contributed by atoms with E-state index in [1.807, 2.05) is 26.8 Å². The zero-order valence-corrected chi connectivity index (χ0v) is 23.8. The van der Waals surface area contributed by atoms with Crippen LogP contribution >= 0.6 is 0 Å². The van der Waals surface area contributed by atoms with Gasteiger partial charge in [-0.25, -0.2) is 0 Å². The van der Waals surface area contributed by atoms with Gasteiger partial charge in [0.05, 0.1) is 30.8 Å². The molecule has 38 heavy (non-hydrogen) atoms. The molecule has 0 aliphatic carbocycles. The van der Waals surface area contributed by atoms with Crippen LogP contribution in [0, 0.1) is 11.8 Å². The zero-order chi connectivity index (χ0) is 28.1. The Labute approximate surface area is 228 Å². The SMILES string of the molecule is C=CCCCCOC(=O)[C@@H]1[C@H]2C(=O)N([C@@H](CC)CO)C(C(=O)N(CC=C)C(C)CCC)C23CC[C@@]1(CC)O3. The van der Waals surface area contributed by atoms with Gasteiger partial charge >= 0.3 is 5.97 Å². The number of amides is 2. The van der Waals surface area contributed by atoms with Crippen molar-refractivity contribution >= 4 is 17.8 Å². The standard InChI is InChI=1S/C30H48N2O6/c1-7-12-13-14-19-37-28(36)24-23-26(34)32(22(10-4)20-33)25(30(23)17-16-29(24,11-5)38-30)27(35)31(18-9-3)21(6)15-8-2/h7,9,21-25,33H,1,3,8,10-20H2,2,4-6H3/t21?,22-,23-,24-,25?,29+,30?/m0/s1. The number of nitrogens with zero attached hydrogens (tertiary/aromatic N) is 2. The number of hydrogen-bond acceptors (Lipinski definition) is 6. The number of fused-ring (bicyclic) bond motifs is 1. The molecule has 0 radical (unpaired) electrons. The smallest absolute Gasteiger partial charge is 0.312 e. The van der Waals surface area contributed by atoms with E-state index in [9.17, 15) is 19.5 Å². The van der Waals surface area contributed by atoms with Gasteiger partial charge in [0.25, 0.3) is 0 Å². The molecule has 0 aromatic carbocycles. The molecule has 1 spiro atoms. The first-order valence-electron chi connectivity index (χ1n) is 14.6. The summed E-state index contributed by atoms with van der Waals surface area (Å²) >= 11 is 0. The van der Waals surface area contributed by atoms with Crippen LogP contribution in [-0.2, 0) is 23.9 Å². The average Bonchev–Trinajstić information content (AvgIpc) is 3.51. The summed E-state index contributed by atoms with van der Waals surface area (Å²) in [4.78, 5) is 45.6. The first-order chi connectivity index (χ1) is 18.2. The molecule has 3 saturated heterocycles. The summed E-state index contributed by atoms with van der Waals surface area (Å²) in [6.07, 6.45) is 9.84. The summed E-state index contributed by atoms with van der Waals surface area (Å²) in [5.74, 6) is -2.48. The molecule has 3 rings (SSSR count). The fourth-order valence-electron chi connectivity index (χ4n) is 7.11. The first-order valence-corrected chi connectivity index (χ1v) is 14.6. The maximum Gasteiger partial charge on any atom is 0.312 e. The van der Waals surface area contributed by atoms with E-state index in [0.717, 1.165) is 32.1 Å². The van der Waals surface area contributed by atoms with Crippen molar-refractivity contribution < 1.29 is 29.0 Å². The number of carbonyl (C=O) groups excluding carboxylic acids is 3. The maximum absolute atomic E-state index is 14.4. The van der Waals surface area contributed by atoms with Gasteiger partial charge in [-0.15, -0.1) is 13.2 Å². The lowest BCUT2D eigenvalue weighted by Crippen LogP contribution is -2.60. The Morgan fingerprint density at radius 2 is 1.97 bits per heavy atom. The second kappa shape index (κ2) is 12.8. The number of aliphatic hydroxyl groups is 1. The fraction of sp³-hybridized carbons (Fsp3) is 0.767. The lowest BCUT2D eigenvalue weighted by molar-refractivity contribution is -0.164. The highest BCUT2D eigenvalue weighted by molar-refractivity contribution is 5.98. The Morgan fingerprint density at radius 1 is 1.24 bits per heavy atom. The Kier molecular flexibility index (Phi) is 10.2. The second-order valence-electron chi connectivity index (χ2n) is 11.2. The van der Waals surface area contributed by atoms with Gasteiger partial charge in [0.15, 0.2) is 0 Å². The molecule has 1 N–H and O–H groups in total. The van der Waals surface area contributed by atoms with Crippen LogP contribution in [0.5, 0.6) is 0 Å². The number of likely N-dealkylation sites (tertiary alicyclic amines) is 1. The van der Waals surface area contributed by atoms with Gasteiger partial charge < -0.3 is 24.4 Å². The van der Waals surface area contributed by atoms with Crippen LogP contribution in [0.1, 0.15) is 85.5 Å². The molecule has 8 heteroatoms. The van der Waals surface area contributed by atoms with Crippen LogP contribution in [0.25, 0.3) is 0 Å². The number of esters is 1. The monoisotopic (exact) mass is 532 g/mol. The van der Waals surface area contributed by atoms with E-state index in [1.54, 1.807) is 15.9 Å². The van der Waals surface area contributed by atoms with E-state index >= 15 is 0 Å². The number of allylic oxidation sites excluding steroid dienone is 1. The van der Waals surface area contributed by atoms with E-state index in [0.29, 0.717) is 32.2 Å². The Bertz CT molecular complexity index is 888. The van der Waals surface area contributed by atoms with Crippen LogP contribution in [0.3, 0.4) is 0 Å². The van der Waals surface area contributed by atoms with Crippen molar-refractivity contribution in [2.75, 3.05) is 19.8 Å². The highest BCUT2D eigenvalue weighted by Crippen LogP contribution is 2.65. The number of hydrogen-bond donors (Lipinski definition) is 1. The third-order valence-electron chi connectivity index (χ3n) is 9.08. The summed E-state index contributed by atoms with van der Waals surface area (Å²) in [5.41, 5.74) is -1.95. The Hall–Kier alpha value is -2.19. The fourth-order valence-corrected chi connectivity index (χ4v) is 7.11. The summed E-state index contributed by atoms with van der Waals surface area (Å²) < 4.78 is 12.5. The minimum Gasteiger partial charge on any atom is -0.465 e. The van der Waals surface area contributed by atoms with Gasteiger partial charge in [-0.1, -0.05) is 39.3 Å². The summed E-state index contributed by atoms with van der Waals surface area (Å²) in [7, 11) is 0. The molecule has 3 fully saturated rings. The molecule has 3 unspecified atom stereocenters. The topological polar surface area (TPSA) is 96.4 Å². The number of ether oxygens (including phenoxy) is 2. The van der Waals surface area contributed by atoms with E-state index in [-0.39, 0.29) is 31.1 Å². The first kappa shape index (κ1) is 30.4. The molecule has 2 amide bonds. The van der Waals surface area contributed by atoms with E-state index in [1.165, 1.54) is 0 Å². The van der Waals surface area contributed by atoms with Crippen LogP contribution in [0.4, 0.5) is 0 Å². The van der Waals surface area contributed by atoms with Crippen molar-refractivity contribution in [2.24, 2.45) is 11.8 Å². The molecule has 7 atom stereocenters. The summed E-state index contributed by atoms with van der Waals surface area (Å²) in [6, 6.07) is -1.50. The molecule has 0 aromatic heterocycles. The highest BCUT2D eigenvalue weighted by Gasteiger charge is 2.79. The van der Waals surface area contributed by atoms with Gasteiger partial charge in [0, 0.05) is 12.6 Å². The van der Waals surface area contributed by atoms with Crippen molar-refractivity contribution in [3.63, 3.8) is 0 Å². The largest absolute Gasteiger partial charge is 0.465 e. The Morgan fingerprint density at radius 3 is 2.55 bits per heavy atom. The van der Waals surface area contributed by atoms with Crippen LogP contribution in [0.15, 0.2) is 25.3 Å². The Balaban J connectivity index is 2.04. The lowest BCUT2D eigenvalue weighted by Gasteiger charge is -2.41.